The Morgan fingerprint density at radius 2 is 1.82 bits per heavy atom. The van der Waals surface area contributed by atoms with Crippen LogP contribution in [0.1, 0.15) is 47.8 Å². The zero-order valence-electron chi connectivity index (χ0n) is 18.7. The van der Waals surface area contributed by atoms with Gasteiger partial charge in [-0.15, -0.1) is 0 Å². The third-order valence-corrected chi connectivity index (χ3v) is 6.88. The first-order chi connectivity index (χ1) is 16.2. The number of carbonyl (C=O) groups is 1. The topological polar surface area (TPSA) is 39.2 Å². The highest BCUT2D eigenvalue weighted by Crippen LogP contribution is 2.40. The smallest absolute Gasteiger partial charge is 0.357 e. The maximum absolute atomic E-state index is 12.7. The van der Waals surface area contributed by atoms with Gasteiger partial charge in [0.15, 0.2) is 5.69 Å². The first-order valence-corrected chi connectivity index (χ1v) is 11.7. The van der Waals surface area contributed by atoms with E-state index in [4.69, 9.17) is 9.72 Å². The molecule has 3 heteroatoms. The van der Waals surface area contributed by atoms with Gasteiger partial charge in [0, 0.05) is 10.9 Å². The van der Waals surface area contributed by atoms with Crippen molar-refractivity contribution >= 4 is 33.1 Å². The lowest BCUT2D eigenvalue weighted by molar-refractivity contribution is 0.0522. The highest BCUT2D eigenvalue weighted by atomic mass is 16.5. The zero-order chi connectivity index (χ0) is 22.4. The molecule has 3 aromatic carbocycles. The number of aromatic nitrogens is 1. The van der Waals surface area contributed by atoms with Gasteiger partial charge >= 0.3 is 5.97 Å². The summed E-state index contributed by atoms with van der Waals surface area (Å²) in [5, 5.41) is 4.33. The molecule has 0 aliphatic heterocycles. The van der Waals surface area contributed by atoms with Crippen LogP contribution in [-0.4, -0.2) is 17.6 Å². The maximum Gasteiger partial charge on any atom is 0.357 e. The van der Waals surface area contributed by atoms with Crippen molar-refractivity contribution in [3.8, 4) is 11.3 Å². The maximum atomic E-state index is 12.7. The van der Waals surface area contributed by atoms with Gasteiger partial charge in [-0.3, -0.25) is 0 Å². The largest absolute Gasteiger partial charge is 0.461 e. The van der Waals surface area contributed by atoms with Crippen molar-refractivity contribution in [3.63, 3.8) is 0 Å². The summed E-state index contributed by atoms with van der Waals surface area (Å²) in [6.45, 7) is 2.15. The Balaban J connectivity index is 1.53. The number of hydrogen-bond acceptors (Lipinski definition) is 3. The molecule has 2 aliphatic carbocycles. The van der Waals surface area contributed by atoms with Crippen LogP contribution in [0.15, 0.2) is 78.4 Å². The number of benzene rings is 3. The lowest BCUT2D eigenvalue weighted by Gasteiger charge is -2.25. The summed E-state index contributed by atoms with van der Waals surface area (Å²) in [6.07, 6.45) is 9.15. The molecule has 33 heavy (non-hydrogen) atoms. The predicted octanol–water partition coefficient (Wildman–Crippen LogP) is 7.28. The van der Waals surface area contributed by atoms with Gasteiger partial charge in [-0.05, 0) is 77.6 Å². The van der Waals surface area contributed by atoms with Gasteiger partial charge in [-0.1, -0.05) is 66.3 Å². The number of fused-ring (bicyclic) bond motifs is 5. The second-order valence-corrected chi connectivity index (χ2v) is 8.78. The molecule has 0 bridgehead atoms. The number of ether oxygens (including phenoxy) is 1. The molecule has 0 spiro atoms. The molecular weight excluding hydrogens is 406 g/mol. The monoisotopic (exact) mass is 431 g/mol. The van der Waals surface area contributed by atoms with Gasteiger partial charge in [0.05, 0.1) is 12.3 Å². The number of hydrogen-bond donors (Lipinski definition) is 0. The molecule has 0 fully saturated rings. The van der Waals surface area contributed by atoms with E-state index in [1.165, 1.54) is 33.9 Å². The highest BCUT2D eigenvalue weighted by molar-refractivity contribution is 6.04. The fraction of sp³-hybridized carbons (Fsp3) is 0.200. The van der Waals surface area contributed by atoms with Crippen LogP contribution in [0.4, 0.5) is 0 Å². The molecule has 3 nitrogen and oxygen atoms in total. The SMILES string of the molecule is CCOC(=O)c1nc(-c2ccc3ccc4c(c3c2)CCC2=C4C=CCC2)cc2ccccc12. The van der Waals surface area contributed by atoms with E-state index in [0.717, 1.165) is 41.3 Å². The average Bonchev–Trinajstić information content (AvgIpc) is 2.87. The van der Waals surface area contributed by atoms with Gasteiger partial charge in [0.25, 0.3) is 0 Å². The zero-order valence-corrected chi connectivity index (χ0v) is 18.7. The van der Waals surface area contributed by atoms with E-state index in [-0.39, 0.29) is 5.97 Å². The van der Waals surface area contributed by atoms with Crippen LogP contribution in [0.3, 0.4) is 0 Å². The number of pyridine rings is 1. The second-order valence-electron chi connectivity index (χ2n) is 8.78. The van der Waals surface area contributed by atoms with Crippen molar-refractivity contribution < 1.29 is 9.53 Å². The Kier molecular flexibility index (Phi) is 4.83. The number of allylic oxidation sites excluding steroid dienone is 4. The molecule has 1 aromatic heterocycles. The molecule has 0 radical (unpaired) electrons. The molecule has 162 valence electrons. The molecule has 4 aromatic rings. The molecule has 6 rings (SSSR count). The van der Waals surface area contributed by atoms with Crippen LogP contribution in [0.2, 0.25) is 0 Å². The van der Waals surface area contributed by atoms with Gasteiger partial charge in [0.1, 0.15) is 0 Å². The standard InChI is InChI=1S/C30H25NO2/c1-2-33-30(32)29-24-10-6-4-8-21(24)18-28(31-29)22-12-11-20-14-15-25-23-9-5-3-7-19(23)13-16-26(25)27(20)17-22/h4-6,8-12,14-15,17-18H,2-3,7,13,16H2,1H3. The van der Waals surface area contributed by atoms with E-state index in [2.05, 4.69) is 48.6 Å². The predicted molar refractivity (Wildman–Crippen MR) is 134 cm³/mol. The number of esters is 1. The van der Waals surface area contributed by atoms with E-state index >= 15 is 0 Å². The fourth-order valence-corrected chi connectivity index (χ4v) is 5.29. The fourth-order valence-electron chi connectivity index (χ4n) is 5.29. The second kappa shape index (κ2) is 8.00. The summed E-state index contributed by atoms with van der Waals surface area (Å²) in [7, 11) is 0. The van der Waals surface area contributed by atoms with E-state index in [0.29, 0.717) is 12.3 Å². The molecule has 2 aliphatic rings. The van der Waals surface area contributed by atoms with Gasteiger partial charge in [-0.25, -0.2) is 9.78 Å². The summed E-state index contributed by atoms with van der Waals surface area (Å²) in [6, 6.07) is 21.0. The van der Waals surface area contributed by atoms with Crippen LogP contribution in [0.25, 0.3) is 38.4 Å². The van der Waals surface area contributed by atoms with Crippen LogP contribution < -0.4 is 0 Å². The summed E-state index contributed by atoms with van der Waals surface area (Å²) < 4.78 is 5.31. The molecular formula is C30H25NO2. The third-order valence-electron chi connectivity index (χ3n) is 6.88. The van der Waals surface area contributed by atoms with Crippen molar-refractivity contribution in [2.45, 2.75) is 32.6 Å². The molecule has 0 amide bonds. The van der Waals surface area contributed by atoms with E-state index < -0.39 is 0 Å². The molecule has 0 saturated carbocycles. The van der Waals surface area contributed by atoms with Crippen LogP contribution in [0, 0.1) is 0 Å². The first kappa shape index (κ1) is 19.9. The summed E-state index contributed by atoms with van der Waals surface area (Å²) in [5.74, 6) is -0.378. The van der Waals surface area contributed by atoms with Crippen molar-refractivity contribution in [1.82, 2.24) is 4.98 Å². The van der Waals surface area contributed by atoms with Crippen molar-refractivity contribution in [1.29, 1.82) is 0 Å². The minimum Gasteiger partial charge on any atom is -0.461 e. The van der Waals surface area contributed by atoms with E-state index in [1.807, 2.05) is 31.2 Å². The first-order valence-electron chi connectivity index (χ1n) is 11.7. The van der Waals surface area contributed by atoms with Gasteiger partial charge < -0.3 is 4.74 Å². The Labute approximate surface area is 193 Å². The Bertz CT molecular complexity index is 1490. The lowest BCUT2D eigenvalue weighted by Crippen LogP contribution is -2.09. The summed E-state index contributed by atoms with van der Waals surface area (Å²) in [4.78, 5) is 17.5. The third kappa shape index (κ3) is 3.36. The number of carbonyl (C=O) groups excluding carboxylic acids is 1. The van der Waals surface area contributed by atoms with Crippen LogP contribution >= 0.6 is 0 Å². The Morgan fingerprint density at radius 3 is 2.73 bits per heavy atom. The highest BCUT2D eigenvalue weighted by Gasteiger charge is 2.21. The minimum absolute atomic E-state index is 0.327. The molecule has 1 heterocycles. The van der Waals surface area contributed by atoms with Crippen molar-refractivity contribution in [3.05, 3.63) is 95.2 Å². The quantitative estimate of drug-likeness (QED) is 0.320. The Hall–Kier alpha value is -3.72. The van der Waals surface area contributed by atoms with E-state index in [9.17, 15) is 4.79 Å². The molecule has 0 saturated heterocycles. The van der Waals surface area contributed by atoms with Crippen LogP contribution in [-0.2, 0) is 11.2 Å². The summed E-state index contributed by atoms with van der Waals surface area (Å²) >= 11 is 0. The molecule has 0 atom stereocenters. The molecule has 0 N–H and O–H groups in total. The van der Waals surface area contributed by atoms with Gasteiger partial charge in [0.2, 0.25) is 0 Å². The van der Waals surface area contributed by atoms with Crippen molar-refractivity contribution in [2.24, 2.45) is 0 Å². The lowest BCUT2D eigenvalue weighted by atomic mass is 9.79. The average molecular weight is 432 g/mol. The molecule has 0 unspecified atom stereocenters. The van der Waals surface area contributed by atoms with E-state index in [1.54, 1.807) is 5.57 Å². The number of rotatable bonds is 3. The van der Waals surface area contributed by atoms with Crippen LogP contribution in [0.5, 0.6) is 0 Å². The number of nitrogens with zero attached hydrogens (tertiary/aromatic N) is 1. The minimum atomic E-state index is -0.378. The van der Waals surface area contributed by atoms with Gasteiger partial charge in [-0.2, -0.15) is 0 Å². The number of aryl methyl sites for hydroxylation is 1. The normalized spacial score (nSPS) is 14.9. The Morgan fingerprint density at radius 1 is 0.939 bits per heavy atom. The summed E-state index contributed by atoms with van der Waals surface area (Å²) in [5.41, 5.74) is 8.00. The van der Waals surface area contributed by atoms with Crippen molar-refractivity contribution in [2.75, 3.05) is 6.61 Å².